The first-order valence-electron chi connectivity index (χ1n) is 7.95. The number of nitrogens with one attached hydrogen (secondary N) is 2. The van der Waals surface area contributed by atoms with Crippen LogP contribution in [0.3, 0.4) is 0 Å². The standard InChI is InChI=1S/C16H26N4O2/c1-10(2)9-20-12(4)14(11(3)19-20)7-15(21)17-8-16(22)18-13-5-6-13/h10,13H,5-9H2,1-4H3,(H,17,21)(H,18,22). The number of carbonyl (C=O) groups is 2. The number of aromatic nitrogens is 2. The van der Waals surface area contributed by atoms with Gasteiger partial charge < -0.3 is 10.6 Å². The van der Waals surface area contributed by atoms with Crippen LogP contribution in [-0.2, 0) is 22.6 Å². The summed E-state index contributed by atoms with van der Waals surface area (Å²) in [5.41, 5.74) is 2.88. The maximum Gasteiger partial charge on any atom is 0.239 e. The van der Waals surface area contributed by atoms with Crippen LogP contribution in [0.5, 0.6) is 0 Å². The van der Waals surface area contributed by atoms with Gasteiger partial charge in [-0.05, 0) is 32.6 Å². The first-order valence-corrected chi connectivity index (χ1v) is 7.95. The molecule has 1 aliphatic carbocycles. The maximum atomic E-state index is 12.0. The Morgan fingerprint density at radius 1 is 1.27 bits per heavy atom. The van der Waals surface area contributed by atoms with Gasteiger partial charge in [0, 0.05) is 23.8 Å². The second-order valence-corrected chi connectivity index (χ2v) is 6.52. The molecule has 0 aliphatic heterocycles. The van der Waals surface area contributed by atoms with E-state index in [0.717, 1.165) is 36.3 Å². The van der Waals surface area contributed by atoms with Gasteiger partial charge >= 0.3 is 0 Å². The molecular weight excluding hydrogens is 280 g/mol. The Morgan fingerprint density at radius 2 is 1.95 bits per heavy atom. The summed E-state index contributed by atoms with van der Waals surface area (Å²) in [4.78, 5) is 23.6. The van der Waals surface area contributed by atoms with E-state index in [1.807, 2.05) is 18.5 Å². The van der Waals surface area contributed by atoms with Crippen LogP contribution in [0.1, 0.15) is 43.6 Å². The molecule has 1 aromatic heterocycles. The highest BCUT2D eigenvalue weighted by Crippen LogP contribution is 2.18. The zero-order valence-corrected chi connectivity index (χ0v) is 13.9. The molecule has 0 spiro atoms. The van der Waals surface area contributed by atoms with Crippen molar-refractivity contribution < 1.29 is 9.59 Å². The number of nitrogens with zero attached hydrogens (tertiary/aromatic N) is 2. The molecule has 6 nitrogen and oxygen atoms in total. The first kappa shape index (κ1) is 16.5. The lowest BCUT2D eigenvalue weighted by molar-refractivity contribution is -0.125. The van der Waals surface area contributed by atoms with Crippen molar-refractivity contribution in [3.05, 3.63) is 17.0 Å². The number of hydrogen-bond donors (Lipinski definition) is 2. The van der Waals surface area contributed by atoms with Gasteiger partial charge in [-0.1, -0.05) is 13.8 Å². The van der Waals surface area contributed by atoms with Crippen molar-refractivity contribution in [2.75, 3.05) is 6.54 Å². The molecule has 1 fully saturated rings. The minimum atomic E-state index is -0.138. The van der Waals surface area contributed by atoms with Gasteiger partial charge in [0.05, 0.1) is 18.7 Å². The minimum absolute atomic E-state index is 0.0492. The van der Waals surface area contributed by atoms with Crippen LogP contribution in [-0.4, -0.2) is 34.2 Å². The highest BCUT2D eigenvalue weighted by molar-refractivity contribution is 5.86. The van der Waals surface area contributed by atoms with E-state index < -0.39 is 0 Å². The van der Waals surface area contributed by atoms with Crippen LogP contribution in [0.2, 0.25) is 0 Å². The van der Waals surface area contributed by atoms with Gasteiger partial charge in [-0.3, -0.25) is 14.3 Å². The zero-order valence-electron chi connectivity index (χ0n) is 13.9. The number of rotatable bonds is 7. The Bertz CT molecular complexity index is 559. The summed E-state index contributed by atoms with van der Waals surface area (Å²) in [5.74, 6) is 0.256. The van der Waals surface area contributed by atoms with Gasteiger partial charge in [0.2, 0.25) is 11.8 Å². The number of aryl methyl sites for hydroxylation is 1. The molecule has 2 amide bonds. The van der Waals surface area contributed by atoms with E-state index in [1.54, 1.807) is 0 Å². The first-order chi connectivity index (χ1) is 10.4. The smallest absolute Gasteiger partial charge is 0.239 e. The SMILES string of the molecule is Cc1nn(CC(C)C)c(C)c1CC(=O)NCC(=O)NC1CC1. The van der Waals surface area contributed by atoms with Crippen LogP contribution < -0.4 is 10.6 Å². The van der Waals surface area contributed by atoms with E-state index in [1.165, 1.54) is 0 Å². The highest BCUT2D eigenvalue weighted by Gasteiger charge is 2.23. The molecular formula is C16H26N4O2. The van der Waals surface area contributed by atoms with Crippen LogP contribution in [0.4, 0.5) is 0 Å². The van der Waals surface area contributed by atoms with E-state index >= 15 is 0 Å². The Hall–Kier alpha value is -1.85. The Morgan fingerprint density at radius 3 is 2.55 bits per heavy atom. The molecule has 2 N–H and O–H groups in total. The van der Waals surface area contributed by atoms with Crippen molar-refractivity contribution >= 4 is 11.8 Å². The Kier molecular flexibility index (Phi) is 5.21. The lowest BCUT2D eigenvalue weighted by Crippen LogP contribution is -2.38. The third-order valence-electron chi connectivity index (χ3n) is 3.80. The lowest BCUT2D eigenvalue weighted by atomic mass is 10.1. The average molecular weight is 306 g/mol. The summed E-state index contributed by atoms with van der Waals surface area (Å²) in [6, 6.07) is 0.322. The van der Waals surface area contributed by atoms with Crippen molar-refractivity contribution in [3.8, 4) is 0 Å². The second kappa shape index (κ2) is 6.94. The van der Waals surface area contributed by atoms with E-state index in [0.29, 0.717) is 12.0 Å². The van der Waals surface area contributed by atoms with Gasteiger partial charge in [-0.2, -0.15) is 5.10 Å². The fourth-order valence-electron chi connectivity index (χ4n) is 2.42. The molecule has 1 aromatic rings. The average Bonchev–Trinajstić information content (AvgIpc) is 3.20. The van der Waals surface area contributed by atoms with Crippen molar-refractivity contribution in [2.24, 2.45) is 5.92 Å². The zero-order chi connectivity index (χ0) is 16.3. The normalized spacial score (nSPS) is 14.2. The Labute approximate surface area is 131 Å². The second-order valence-electron chi connectivity index (χ2n) is 6.52. The largest absolute Gasteiger partial charge is 0.352 e. The summed E-state index contributed by atoms with van der Waals surface area (Å²) in [6.45, 7) is 9.09. The molecule has 1 aliphatic rings. The van der Waals surface area contributed by atoms with E-state index in [2.05, 4.69) is 29.6 Å². The summed E-state index contributed by atoms with van der Waals surface area (Å²) in [5, 5.41) is 10.0. The third kappa shape index (κ3) is 4.58. The van der Waals surface area contributed by atoms with Gasteiger partial charge in [-0.25, -0.2) is 0 Å². The summed E-state index contributed by atoms with van der Waals surface area (Å²) in [7, 11) is 0. The molecule has 6 heteroatoms. The van der Waals surface area contributed by atoms with Crippen LogP contribution in [0.15, 0.2) is 0 Å². The highest BCUT2D eigenvalue weighted by atomic mass is 16.2. The quantitative estimate of drug-likeness (QED) is 0.792. The van der Waals surface area contributed by atoms with Crippen molar-refractivity contribution in [1.82, 2.24) is 20.4 Å². The third-order valence-corrected chi connectivity index (χ3v) is 3.80. The maximum absolute atomic E-state index is 12.0. The van der Waals surface area contributed by atoms with Crippen molar-refractivity contribution in [2.45, 2.75) is 59.5 Å². The fraction of sp³-hybridized carbons (Fsp3) is 0.688. The molecule has 122 valence electrons. The molecule has 0 radical (unpaired) electrons. The summed E-state index contributed by atoms with van der Waals surface area (Å²) >= 11 is 0. The predicted octanol–water partition coefficient (Wildman–Crippen LogP) is 1.09. The molecule has 0 saturated heterocycles. The van der Waals surface area contributed by atoms with Crippen LogP contribution in [0.25, 0.3) is 0 Å². The molecule has 1 saturated carbocycles. The van der Waals surface area contributed by atoms with Gasteiger partial charge in [0.1, 0.15) is 0 Å². The minimum Gasteiger partial charge on any atom is -0.352 e. The van der Waals surface area contributed by atoms with Gasteiger partial charge in [0.25, 0.3) is 0 Å². The van der Waals surface area contributed by atoms with Crippen LogP contribution >= 0.6 is 0 Å². The number of hydrogen-bond acceptors (Lipinski definition) is 3. The topological polar surface area (TPSA) is 76.0 Å². The molecule has 0 aromatic carbocycles. The molecule has 0 unspecified atom stereocenters. The van der Waals surface area contributed by atoms with Crippen LogP contribution in [0, 0.1) is 19.8 Å². The molecule has 0 bridgehead atoms. The predicted molar refractivity (Wildman–Crippen MR) is 84.4 cm³/mol. The van der Waals surface area contributed by atoms with Crippen molar-refractivity contribution in [1.29, 1.82) is 0 Å². The lowest BCUT2D eigenvalue weighted by Gasteiger charge is -2.08. The summed E-state index contributed by atoms with van der Waals surface area (Å²) in [6.07, 6.45) is 2.37. The summed E-state index contributed by atoms with van der Waals surface area (Å²) < 4.78 is 1.96. The molecule has 0 atom stereocenters. The van der Waals surface area contributed by atoms with Crippen molar-refractivity contribution in [3.63, 3.8) is 0 Å². The molecule has 1 heterocycles. The van der Waals surface area contributed by atoms with E-state index in [9.17, 15) is 9.59 Å². The van der Waals surface area contributed by atoms with Gasteiger partial charge in [0.15, 0.2) is 0 Å². The van der Waals surface area contributed by atoms with E-state index in [-0.39, 0.29) is 24.8 Å². The molecule has 2 rings (SSSR count). The molecule has 22 heavy (non-hydrogen) atoms. The van der Waals surface area contributed by atoms with Gasteiger partial charge in [-0.15, -0.1) is 0 Å². The Balaban J connectivity index is 1.87. The number of carbonyl (C=O) groups excluding carboxylic acids is 2. The fourth-order valence-corrected chi connectivity index (χ4v) is 2.42. The number of amides is 2. The van der Waals surface area contributed by atoms with E-state index in [4.69, 9.17) is 0 Å². The monoisotopic (exact) mass is 306 g/mol.